The molecule has 6 nitrogen and oxygen atoms in total. The van der Waals surface area contributed by atoms with Crippen molar-refractivity contribution < 1.29 is 9.59 Å². The van der Waals surface area contributed by atoms with Gasteiger partial charge in [-0.1, -0.05) is 20.8 Å². The molecule has 1 saturated heterocycles. The van der Waals surface area contributed by atoms with Gasteiger partial charge in [-0.15, -0.1) is 0 Å². The van der Waals surface area contributed by atoms with Crippen molar-refractivity contribution >= 4 is 23.3 Å². The third-order valence-electron chi connectivity index (χ3n) is 3.52. The highest BCUT2D eigenvalue weighted by molar-refractivity contribution is 5.96. The molecule has 1 atom stereocenters. The van der Waals surface area contributed by atoms with Crippen molar-refractivity contribution in [3.8, 4) is 0 Å². The number of hydrogen-bond acceptors (Lipinski definition) is 3. The molecule has 21 heavy (non-hydrogen) atoms. The SMILES string of the molecule is CC(C)(C)[C@@H](N)C(=O)Nc1ccc(N2CCNC2=O)cc1. The Bertz CT molecular complexity index is 534. The van der Waals surface area contributed by atoms with Gasteiger partial charge in [0.2, 0.25) is 5.91 Å². The Kier molecular flexibility index (Phi) is 4.18. The minimum Gasteiger partial charge on any atom is -0.336 e. The van der Waals surface area contributed by atoms with E-state index in [0.29, 0.717) is 18.8 Å². The summed E-state index contributed by atoms with van der Waals surface area (Å²) < 4.78 is 0. The molecule has 1 heterocycles. The first-order valence-electron chi connectivity index (χ1n) is 7.01. The van der Waals surface area contributed by atoms with Crippen molar-refractivity contribution in [3.63, 3.8) is 0 Å². The molecule has 114 valence electrons. The van der Waals surface area contributed by atoms with E-state index in [1.165, 1.54) is 0 Å². The third kappa shape index (κ3) is 3.52. The largest absolute Gasteiger partial charge is 0.336 e. The standard InChI is InChI=1S/C15H22N4O2/c1-15(2,3)12(16)13(20)18-10-4-6-11(7-5-10)19-9-8-17-14(19)21/h4-7,12H,8-9,16H2,1-3H3,(H,17,21)(H,18,20)/t12-/m0/s1. The van der Waals surface area contributed by atoms with Gasteiger partial charge in [-0.3, -0.25) is 9.69 Å². The second-order valence-electron chi connectivity index (χ2n) is 6.26. The molecular weight excluding hydrogens is 268 g/mol. The molecule has 0 aliphatic carbocycles. The predicted octanol–water partition coefficient (Wildman–Crippen LogP) is 1.53. The number of anilines is 2. The van der Waals surface area contributed by atoms with Gasteiger partial charge in [0.1, 0.15) is 0 Å². The van der Waals surface area contributed by atoms with Crippen LogP contribution < -0.4 is 21.3 Å². The van der Waals surface area contributed by atoms with E-state index in [4.69, 9.17) is 5.73 Å². The number of carbonyl (C=O) groups excluding carboxylic acids is 2. The summed E-state index contributed by atoms with van der Waals surface area (Å²) in [4.78, 5) is 25.3. The molecule has 2 rings (SSSR count). The molecule has 1 aliphatic rings. The monoisotopic (exact) mass is 290 g/mol. The molecule has 0 unspecified atom stereocenters. The van der Waals surface area contributed by atoms with Crippen LogP contribution in [-0.2, 0) is 4.79 Å². The summed E-state index contributed by atoms with van der Waals surface area (Å²) in [5.41, 5.74) is 7.10. The van der Waals surface area contributed by atoms with Gasteiger partial charge in [0.15, 0.2) is 0 Å². The Morgan fingerprint density at radius 2 is 1.95 bits per heavy atom. The Hall–Kier alpha value is -2.08. The number of nitrogens with one attached hydrogen (secondary N) is 2. The highest BCUT2D eigenvalue weighted by Crippen LogP contribution is 2.21. The van der Waals surface area contributed by atoms with Crippen LogP contribution in [0.15, 0.2) is 24.3 Å². The number of urea groups is 1. The van der Waals surface area contributed by atoms with Crippen molar-refractivity contribution in [2.75, 3.05) is 23.3 Å². The van der Waals surface area contributed by atoms with Crippen LogP contribution in [0.5, 0.6) is 0 Å². The summed E-state index contributed by atoms with van der Waals surface area (Å²) in [6.45, 7) is 7.07. The highest BCUT2D eigenvalue weighted by atomic mass is 16.2. The Labute approximate surface area is 124 Å². The molecule has 1 fully saturated rings. The Morgan fingerprint density at radius 1 is 1.33 bits per heavy atom. The summed E-state index contributed by atoms with van der Waals surface area (Å²) in [7, 11) is 0. The highest BCUT2D eigenvalue weighted by Gasteiger charge is 2.27. The van der Waals surface area contributed by atoms with Gasteiger partial charge in [-0.05, 0) is 29.7 Å². The lowest BCUT2D eigenvalue weighted by molar-refractivity contribution is -0.119. The van der Waals surface area contributed by atoms with Gasteiger partial charge in [0.25, 0.3) is 0 Å². The molecule has 0 saturated carbocycles. The molecule has 0 radical (unpaired) electrons. The van der Waals surface area contributed by atoms with E-state index in [1.807, 2.05) is 32.9 Å². The minimum atomic E-state index is -0.582. The number of benzene rings is 1. The van der Waals surface area contributed by atoms with E-state index in [1.54, 1.807) is 17.0 Å². The van der Waals surface area contributed by atoms with Crippen molar-refractivity contribution in [1.82, 2.24) is 5.32 Å². The topological polar surface area (TPSA) is 87.5 Å². The van der Waals surface area contributed by atoms with E-state index in [2.05, 4.69) is 10.6 Å². The second kappa shape index (κ2) is 5.73. The quantitative estimate of drug-likeness (QED) is 0.789. The van der Waals surface area contributed by atoms with E-state index < -0.39 is 6.04 Å². The van der Waals surface area contributed by atoms with Gasteiger partial charge in [0, 0.05) is 24.5 Å². The molecule has 6 heteroatoms. The maximum absolute atomic E-state index is 12.0. The van der Waals surface area contributed by atoms with Crippen LogP contribution in [0.25, 0.3) is 0 Å². The predicted molar refractivity (Wildman–Crippen MR) is 83.2 cm³/mol. The molecule has 1 aromatic carbocycles. The zero-order chi connectivity index (χ0) is 15.6. The first kappa shape index (κ1) is 15.3. The number of nitrogens with two attached hydrogens (primary N) is 1. The molecule has 1 aromatic rings. The van der Waals surface area contributed by atoms with Crippen molar-refractivity contribution in [3.05, 3.63) is 24.3 Å². The third-order valence-corrected chi connectivity index (χ3v) is 3.52. The number of rotatable bonds is 3. The molecule has 0 aromatic heterocycles. The Morgan fingerprint density at radius 3 is 2.43 bits per heavy atom. The second-order valence-corrected chi connectivity index (χ2v) is 6.26. The normalized spacial score (nSPS) is 16.6. The zero-order valence-corrected chi connectivity index (χ0v) is 12.6. The summed E-state index contributed by atoms with van der Waals surface area (Å²) in [5.74, 6) is -0.214. The number of carbonyl (C=O) groups is 2. The smallest absolute Gasteiger partial charge is 0.321 e. The lowest BCUT2D eigenvalue weighted by Gasteiger charge is -2.25. The molecule has 0 bridgehead atoms. The Balaban J connectivity index is 2.03. The number of nitrogens with zero attached hydrogens (tertiary/aromatic N) is 1. The van der Waals surface area contributed by atoms with Crippen molar-refractivity contribution in [2.45, 2.75) is 26.8 Å². The van der Waals surface area contributed by atoms with Gasteiger partial charge < -0.3 is 16.4 Å². The van der Waals surface area contributed by atoms with Gasteiger partial charge in [-0.2, -0.15) is 0 Å². The molecule has 0 spiro atoms. The molecule has 3 amide bonds. The average Bonchev–Trinajstić information content (AvgIpc) is 2.84. The fourth-order valence-corrected chi connectivity index (χ4v) is 2.06. The van der Waals surface area contributed by atoms with E-state index in [0.717, 1.165) is 5.69 Å². The summed E-state index contributed by atoms with van der Waals surface area (Å²) in [5, 5.41) is 5.54. The van der Waals surface area contributed by atoms with Crippen LogP contribution in [0, 0.1) is 5.41 Å². The zero-order valence-electron chi connectivity index (χ0n) is 12.6. The molecule has 1 aliphatic heterocycles. The fraction of sp³-hybridized carbons (Fsp3) is 0.467. The number of hydrogen-bond donors (Lipinski definition) is 3. The lowest BCUT2D eigenvalue weighted by Crippen LogP contribution is -2.45. The first-order chi connectivity index (χ1) is 9.79. The van der Waals surface area contributed by atoms with Gasteiger partial charge >= 0.3 is 6.03 Å². The molecule has 4 N–H and O–H groups in total. The van der Waals surface area contributed by atoms with Crippen LogP contribution in [-0.4, -0.2) is 31.1 Å². The van der Waals surface area contributed by atoms with Crippen LogP contribution in [0.2, 0.25) is 0 Å². The van der Waals surface area contributed by atoms with E-state index >= 15 is 0 Å². The summed E-state index contributed by atoms with van der Waals surface area (Å²) >= 11 is 0. The summed E-state index contributed by atoms with van der Waals surface area (Å²) in [6, 6.07) is 6.48. The van der Waals surface area contributed by atoms with Crippen LogP contribution >= 0.6 is 0 Å². The summed E-state index contributed by atoms with van der Waals surface area (Å²) in [6.07, 6.45) is 0. The minimum absolute atomic E-state index is 0.0958. The first-order valence-corrected chi connectivity index (χ1v) is 7.01. The van der Waals surface area contributed by atoms with Crippen molar-refractivity contribution in [2.24, 2.45) is 11.1 Å². The van der Waals surface area contributed by atoms with Crippen molar-refractivity contribution in [1.29, 1.82) is 0 Å². The van der Waals surface area contributed by atoms with Crippen LogP contribution in [0.1, 0.15) is 20.8 Å². The average molecular weight is 290 g/mol. The van der Waals surface area contributed by atoms with E-state index in [-0.39, 0.29) is 17.4 Å². The fourth-order valence-electron chi connectivity index (χ4n) is 2.06. The lowest BCUT2D eigenvalue weighted by atomic mass is 9.87. The maximum Gasteiger partial charge on any atom is 0.321 e. The number of amides is 3. The van der Waals surface area contributed by atoms with Crippen LogP contribution in [0.3, 0.4) is 0 Å². The molecular formula is C15H22N4O2. The van der Waals surface area contributed by atoms with Gasteiger partial charge in [0.05, 0.1) is 6.04 Å². The maximum atomic E-state index is 12.0. The van der Waals surface area contributed by atoms with Gasteiger partial charge in [-0.25, -0.2) is 4.79 Å². The van der Waals surface area contributed by atoms with Crippen LogP contribution in [0.4, 0.5) is 16.2 Å². The van der Waals surface area contributed by atoms with E-state index in [9.17, 15) is 9.59 Å².